The van der Waals surface area contributed by atoms with Gasteiger partial charge in [0.25, 0.3) is 16.7 Å². The third-order valence-electron chi connectivity index (χ3n) is 4.04. The molecule has 0 aliphatic carbocycles. The number of halogens is 2. The number of carbonyl (C=O) groups is 3. The number of para-hydroxylation sites is 1. The van der Waals surface area contributed by atoms with Crippen LogP contribution in [0.3, 0.4) is 0 Å². The number of hydrogen-bond acceptors (Lipinski definition) is 3. The number of alkyl halides is 1. The van der Waals surface area contributed by atoms with Crippen LogP contribution >= 0.6 is 23.2 Å². The highest BCUT2D eigenvalue weighted by Crippen LogP contribution is 2.38. The molecule has 1 heterocycles. The zero-order valence-corrected chi connectivity index (χ0v) is 14.8. The minimum atomic E-state index is -2.40. The van der Waals surface area contributed by atoms with Crippen LogP contribution in [0.4, 0.5) is 11.4 Å². The zero-order valence-electron chi connectivity index (χ0n) is 13.3. The molecule has 7 heteroatoms. The van der Waals surface area contributed by atoms with E-state index in [1.165, 1.54) is 17.0 Å². The number of nitrogens with zero attached hydrogens (tertiary/aromatic N) is 1. The lowest BCUT2D eigenvalue weighted by Gasteiger charge is -2.33. The first-order chi connectivity index (χ1) is 11.9. The molecule has 1 aliphatic heterocycles. The monoisotopic (exact) mass is 376 g/mol. The molecule has 0 radical (unpaired) electrons. The summed E-state index contributed by atoms with van der Waals surface area (Å²) < 4.78 is 0. The number of nitrogens with one attached hydrogen (secondary N) is 1. The van der Waals surface area contributed by atoms with E-state index in [-0.39, 0.29) is 22.8 Å². The van der Waals surface area contributed by atoms with E-state index in [4.69, 9.17) is 23.2 Å². The van der Waals surface area contributed by atoms with Gasteiger partial charge in [-0.2, -0.15) is 0 Å². The van der Waals surface area contributed by atoms with Gasteiger partial charge in [-0.15, -0.1) is 0 Å². The third-order valence-corrected chi connectivity index (χ3v) is 4.86. The Kier molecular flexibility index (Phi) is 4.54. The van der Waals surface area contributed by atoms with Crippen molar-refractivity contribution in [3.63, 3.8) is 0 Å². The van der Waals surface area contributed by atoms with Crippen molar-refractivity contribution in [3.8, 4) is 0 Å². The summed E-state index contributed by atoms with van der Waals surface area (Å²) in [5.74, 6) is -2.51. The molecule has 2 amide bonds. The summed E-state index contributed by atoms with van der Waals surface area (Å²) in [7, 11) is 0. The highest BCUT2D eigenvalue weighted by molar-refractivity contribution is 6.63. The van der Waals surface area contributed by atoms with E-state index in [1.807, 2.05) is 0 Å². The number of ketones is 1. The number of hydrogen-bond donors (Lipinski definition) is 1. The first-order valence-electron chi connectivity index (χ1n) is 7.62. The number of rotatable bonds is 3. The number of fused-ring (bicyclic) bond motifs is 1. The average Bonchev–Trinajstić information content (AvgIpc) is 2.61. The van der Waals surface area contributed by atoms with E-state index >= 15 is 0 Å². The Labute approximate surface area is 154 Å². The van der Waals surface area contributed by atoms with Gasteiger partial charge in [0.05, 0.1) is 16.3 Å². The minimum absolute atomic E-state index is 0.0382. The van der Waals surface area contributed by atoms with Gasteiger partial charge in [-0.25, -0.2) is 0 Å². The van der Waals surface area contributed by atoms with E-state index in [0.717, 1.165) is 0 Å². The maximum atomic E-state index is 13.1. The topological polar surface area (TPSA) is 66.5 Å². The van der Waals surface area contributed by atoms with Crippen LogP contribution in [0.1, 0.15) is 17.3 Å². The number of amides is 2. The van der Waals surface area contributed by atoms with Crippen LogP contribution in [0, 0.1) is 0 Å². The summed E-state index contributed by atoms with van der Waals surface area (Å²) in [5, 5.41) is 2.64. The molecule has 5 nitrogen and oxygen atoms in total. The molecule has 1 aliphatic rings. The SMILES string of the molecule is CCN(C(=O)C1(Cl)C(=O)Nc2cccc(Cl)c2C1=O)c1ccccc1. The summed E-state index contributed by atoms with van der Waals surface area (Å²) in [4.78, 5) is 37.4. The summed E-state index contributed by atoms with van der Waals surface area (Å²) in [6, 6.07) is 13.3. The molecule has 2 aromatic rings. The molecule has 0 saturated heterocycles. The average molecular weight is 377 g/mol. The summed E-state index contributed by atoms with van der Waals surface area (Å²) in [6.07, 6.45) is 0. The maximum absolute atomic E-state index is 13.1. The Hall–Kier alpha value is -2.37. The Balaban J connectivity index is 2.08. The molecular weight excluding hydrogens is 363 g/mol. The largest absolute Gasteiger partial charge is 0.323 e. The molecule has 0 spiro atoms. The molecule has 1 atom stereocenters. The van der Waals surface area contributed by atoms with E-state index in [1.54, 1.807) is 43.3 Å². The highest BCUT2D eigenvalue weighted by Gasteiger charge is 2.57. The van der Waals surface area contributed by atoms with Gasteiger partial charge in [-0.1, -0.05) is 47.5 Å². The number of carbonyl (C=O) groups excluding carboxylic acids is 3. The lowest BCUT2D eigenvalue weighted by atomic mass is 9.89. The van der Waals surface area contributed by atoms with Crippen molar-refractivity contribution in [2.45, 2.75) is 11.8 Å². The normalized spacial score (nSPS) is 19.2. The van der Waals surface area contributed by atoms with E-state index in [0.29, 0.717) is 5.69 Å². The first kappa shape index (κ1) is 17.5. The molecule has 1 unspecified atom stereocenters. The van der Waals surface area contributed by atoms with Gasteiger partial charge in [0, 0.05) is 12.2 Å². The van der Waals surface area contributed by atoms with Gasteiger partial charge in [-0.3, -0.25) is 14.4 Å². The van der Waals surface area contributed by atoms with Crippen molar-refractivity contribution in [1.29, 1.82) is 0 Å². The molecule has 25 heavy (non-hydrogen) atoms. The van der Waals surface area contributed by atoms with Crippen LogP contribution in [0.2, 0.25) is 5.02 Å². The van der Waals surface area contributed by atoms with Crippen molar-refractivity contribution in [2.24, 2.45) is 0 Å². The summed E-state index contributed by atoms with van der Waals surface area (Å²) in [6.45, 7) is 1.98. The van der Waals surface area contributed by atoms with Crippen molar-refractivity contribution >= 4 is 52.2 Å². The fraction of sp³-hybridized carbons (Fsp3) is 0.167. The summed E-state index contributed by atoms with van der Waals surface area (Å²) >= 11 is 12.4. The van der Waals surface area contributed by atoms with Crippen LogP contribution < -0.4 is 10.2 Å². The van der Waals surface area contributed by atoms with Crippen molar-refractivity contribution < 1.29 is 14.4 Å². The molecule has 0 fully saturated rings. The Bertz CT molecular complexity index is 870. The molecule has 128 valence electrons. The lowest BCUT2D eigenvalue weighted by molar-refractivity contribution is -0.127. The lowest BCUT2D eigenvalue weighted by Crippen LogP contribution is -2.59. The Morgan fingerprint density at radius 1 is 1.12 bits per heavy atom. The second kappa shape index (κ2) is 6.50. The van der Waals surface area contributed by atoms with Gasteiger partial charge in [0.1, 0.15) is 0 Å². The number of anilines is 2. The zero-order chi connectivity index (χ0) is 18.2. The van der Waals surface area contributed by atoms with Gasteiger partial charge >= 0.3 is 0 Å². The molecule has 0 bridgehead atoms. The molecular formula is C18H14Cl2N2O3. The van der Waals surface area contributed by atoms with Crippen LogP contribution in [0.5, 0.6) is 0 Å². The quantitative estimate of drug-likeness (QED) is 0.658. The molecule has 1 N–H and O–H groups in total. The summed E-state index contributed by atoms with van der Waals surface area (Å²) in [5.41, 5.74) is 0.825. The van der Waals surface area contributed by atoms with E-state index in [9.17, 15) is 14.4 Å². The van der Waals surface area contributed by atoms with Crippen LogP contribution in [-0.4, -0.2) is 29.0 Å². The standard InChI is InChI=1S/C18H14Cl2N2O3/c1-2-22(11-7-4-3-5-8-11)17(25)18(20)15(23)14-12(19)9-6-10-13(14)21-16(18)24/h3-10H,2H2,1H3,(H,21,24). The van der Waals surface area contributed by atoms with Gasteiger partial charge < -0.3 is 10.2 Å². The van der Waals surface area contributed by atoms with Crippen LogP contribution in [-0.2, 0) is 9.59 Å². The van der Waals surface area contributed by atoms with Gasteiger partial charge in [0.2, 0.25) is 5.78 Å². The number of benzene rings is 2. The van der Waals surface area contributed by atoms with Crippen molar-refractivity contribution in [1.82, 2.24) is 0 Å². The molecule has 3 rings (SSSR count). The van der Waals surface area contributed by atoms with Crippen LogP contribution in [0.25, 0.3) is 0 Å². The molecule has 0 saturated carbocycles. The fourth-order valence-corrected chi connectivity index (χ4v) is 3.28. The van der Waals surface area contributed by atoms with E-state index < -0.39 is 22.5 Å². The second-order valence-electron chi connectivity index (χ2n) is 5.49. The van der Waals surface area contributed by atoms with Crippen LogP contribution in [0.15, 0.2) is 48.5 Å². The highest BCUT2D eigenvalue weighted by atomic mass is 35.5. The van der Waals surface area contributed by atoms with E-state index in [2.05, 4.69) is 5.32 Å². The Morgan fingerprint density at radius 3 is 2.44 bits per heavy atom. The fourth-order valence-electron chi connectivity index (χ4n) is 2.77. The smallest absolute Gasteiger partial charge is 0.266 e. The molecule has 2 aromatic carbocycles. The predicted molar refractivity (Wildman–Crippen MR) is 97.5 cm³/mol. The van der Waals surface area contributed by atoms with Crippen molar-refractivity contribution in [2.75, 3.05) is 16.8 Å². The minimum Gasteiger partial charge on any atom is -0.323 e. The Morgan fingerprint density at radius 2 is 1.80 bits per heavy atom. The first-order valence-corrected chi connectivity index (χ1v) is 8.37. The van der Waals surface area contributed by atoms with Gasteiger partial charge in [0.15, 0.2) is 0 Å². The predicted octanol–water partition coefficient (Wildman–Crippen LogP) is 3.51. The van der Waals surface area contributed by atoms with Crippen molar-refractivity contribution in [3.05, 3.63) is 59.1 Å². The second-order valence-corrected chi connectivity index (χ2v) is 6.46. The maximum Gasteiger partial charge on any atom is 0.266 e. The third kappa shape index (κ3) is 2.69. The van der Waals surface area contributed by atoms with Gasteiger partial charge in [-0.05, 0) is 31.2 Å². The molecule has 0 aromatic heterocycles. The number of Topliss-reactive ketones (excluding diaryl/α,β-unsaturated/α-hetero) is 1.